The fourth-order valence-corrected chi connectivity index (χ4v) is 12.1. The molecule has 21 heavy (non-hydrogen) atoms. The summed E-state index contributed by atoms with van der Waals surface area (Å²) in [6.45, 7) is 23.8. The molecule has 0 aromatic heterocycles. The minimum absolute atomic E-state index is 0.621. The van der Waals surface area contributed by atoms with E-state index in [4.69, 9.17) is 0 Å². The molecule has 124 valence electrons. The van der Waals surface area contributed by atoms with Gasteiger partial charge in [0.15, 0.2) is 0 Å². The molecule has 1 aliphatic rings. The first kappa shape index (κ1) is 18.9. The van der Waals surface area contributed by atoms with Crippen LogP contribution in [0.5, 0.6) is 0 Å². The fraction of sp³-hybridized carbons (Fsp3) is 0.889. The molecule has 0 saturated heterocycles. The Morgan fingerprint density at radius 1 is 0.619 bits per heavy atom. The third kappa shape index (κ3) is 3.62. The van der Waals surface area contributed by atoms with Crippen LogP contribution in [-0.4, -0.2) is 41.7 Å². The number of nitrogens with zero attached hydrogens (tertiary/aromatic N) is 2. The lowest BCUT2D eigenvalue weighted by Gasteiger charge is -2.54. The average Bonchev–Trinajstić information content (AvgIpc) is 2.51. The molecule has 0 amide bonds. The second kappa shape index (κ2) is 6.97. The van der Waals surface area contributed by atoms with Crippen LogP contribution in [0.4, 0.5) is 0 Å². The summed E-state index contributed by atoms with van der Waals surface area (Å²) in [5.41, 5.74) is 3.30. The molecule has 0 spiro atoms. The Hall–Kier alpha value is -0.123. The highest BCUT2D eigenvalue weighted by Gasteiger charge is 2.52. The zero-order chi connectivity index (χ0) is 16.5. The number of hydrogen-bond acceptors (Lipinski definition) is 2. The van der Waals surface area contributed by atoms with Crippen molar-refractivity contribution in [3.63, 3.8) is 0 Å². The van der Waals surface area contributed by atoms with E-state index < -0.39 is 8.40 Å². The number of rotatable bonds is 6. The maximum Gasteiger partial charge on any atom is 0.215 e. The Balaban J connectivity index is 3.37. The molecular formula is C18H38N2Si. The van der Waals surface area contributed by atoms with Crippen molar-refractivity contribution in [1.29, 1.82) is 0 Å². The average molecular weight is 311 g/mol. The molecule has 0 aromatic carbocycles. The molecule has 0 aliphatic carbocycles. The summed E-state index contributed by atoms with van der Waals surface area (Å²) < 4.78 is 5.79. The molecule has 1 aliphatic heterocycles. The summed E-state index contributed by atoms with van der Waals surface area (Å²) >= 11 is 0. The van der Waals surface area contributed by atoms with Gasteiger partial charge in [-0.15, -0.1) is 0 Å². The predicted molar refractivity (Wildman–Crippen MR) is 98.0 cm³/mol. The van der Waals surface area contributed by atoms with Crippen molar-refractivity contribution in [3.8, 4) is 0 Å². The number of hydrogen-bond donors (Lipinski definition) is 0. The molecule has 0 N–H and O–H groups in total. The van der Waals surface area contributed by atoms with Gasteiger partial charge in [-0.25, -0.2) is 0 Å². The van der Waals surface area contributed by atoms with Gasteiger partial charge >= 0.3 is 0 Å². The van der Waals surface area contributed by atoms with Gasteiger partial charge < -0.3 is 9.13 Å². The molecule has 0 fully saturated rings. The molecule has 0 bridgehead atoms. The van der Waals surface area contributed by atoms with E-state index in [2.05, 4.69) is 78.4 Å². The fourth-order valence-electron chi connectivity index (χ4n) is 4.83. The van der Waals surface area contributed by atoms with E-state index in [1.54, 1.807) is 11.1 Å². The van der Waals surface area contributed by atoms with Crippen LogP contribution in [0.3, 0.4) is 0 Å². The van der Waals surface area contributed by atoms with Crippen molar-refractivity contribution in [1.82, 2.24) is 9.13 Å². The second-order valence-electron chi connectivity index (χ2n) is 8.09. The van der Waals surface area contributed by atoms with Crippen LogP contribution in [0.15, 0.2) is 11.1 Å². The van der Waals surface area contributed by atoms with Gasteiger partial charge in [-0.05, 0) is 50.1 Å². The molecule has 1 heterocycles. The first-order valence-electron chi connectivity index (χ1n) is 8.76. The highest BCUT2D eigenvalue weighted by Crippen LogP contribution is 2.43. The molecule has 1 rings (SSSR count). The molecule has 0 unspecified atom stereocenters. The summed E-state index contributed by atoms with van der Waals surface area (Å²) in [5.74, 6) is 0. The van der Waals surface area contributed by atoms with E-state index in [1.165, 1.54) is 12.1 Å². The topological polar surface area (TPSA) is 6.48 Å². The maximum atomic E-state index is 2.90. The Morgan fingerprint density at radius 2 is 0.857 bits per heavy atom. The first-order chi connectivity index (χ1) is 9.54. The van der Waals surface area contributed by atoms with Crippen molar-refractivity contribution < 1.29 is 0 Å². The third-order valence-corrected chi connectivity index (χ3v) is 11.2. The molecule has 0 aromatic rings. The standard InChI is InChI=1S/C18H38N2Si/c1-13(2)19(14(3)4)21(11-17(9)18(10)12-21)20(15(5)6)16(7)8/h13-16H,11-12H2,1-10H3. The molecule has 3 heteroatoms. The highest BCUT2D eigenvalue weighted by molar-refractivity contribution is 6.77. The van der Waals surface area contributed by atoms with Crippen molar-refractivity contribution >= 4 is 8.40 Å². The van der Waals surface area contributed by atoms with E-state index in [0.29, 0.717) is 24.2 Å². The Morgan fingerprint density at radius 3 is 1.05 bits per heavy atom. The van der Waals surface area contributed by atoms with Gasteiger partial charge in [0.1, 0.15) is 0 Å². The van der Waals surface area contributed by atoms with Crippen molar-refractivity contribution in [2.45, 2.75) is 105 Å². The van der Waals surface area contributed by atoms with Gasteiger partial charge in [0.05, 0.1) is 0 Å². The summed E-state index contributed by atoms with van der Waals surface area (Å²) in [5, 5.41) is 0. The minimum atomic E-state index is -1.68. The van der Waals surface area contributed by atoms with E-state index >= 15 is 0 Å². The molecule has 0 saturated carbocycles. The predicted octanol–water partition coefficient (Wildman–Crippen LogP) is 5.02. The van der Waals surface area contributed by atoms with E-state index in [9.17, 15) is 0 Å². The zero-order valence-electron chi connectivity index (χ0n) is 16.1. The lowest BCUT2D eigenvalue weighted by Crippen LogP contribution is -2.71. The van der Waals surface area contributed by atoms with E-state index in [-0.39, 0.29) is 0 Å². The zero-order valence-corrected chi connectivity index (χ0v) is 17.1. The van der Waals surface area contributed by atoms with Crippen molar-refractivity contribution in [2.75, 3.05) is 0 Å². The van der Waals surface area contributed by atoms with Crippen LogP contribution in [0.25, 0.3) is 0 Å². The van der Waals surface area contributed by atoms with Gasteiger partial charge in [-0.2, -0.15) is 0 Å². The molecular weight excluding hydrogens is 272 g/mol. The van der Waals surface area contributed by atoms with Crippen molar-refractivity contribution in [2.24, 2.45) is 0 Å². The Kier molecular flexibility index (Phi) is 6.28. The first-order valence-corrected chi connectivity index (χ1v) is 11.1. The summed E-state index contributed by atoms with van der Waals surface area (Å²) in [7, 11) is -1.68. The van der Waals surface area contributed by atoms with Gasteiger partial charge in [0, 0.05) is 0 Å². The van der Waals surface area contributed by atoms with Gasteiger partial charge in [0.2, 0.25) is 8.40 Å². The lowest BCUT2D eigenvalue weighted by atomic mass is 10.2. The van der Waals surface area contributed by atoms with E-state index in [0.717, 1.165) is 0 Å². The number of allylic oxidation sites excluding steroid dienone is 2. The summed E-state index contributed by atoms with van der Waals surface area (Å²) in [6, 6.07) is 5.13. The maximum absolute atomic E-state index is 2.90. The second-order valence-corrected chi connectivity index (χ2v) is 11.8. The third-order valence-electron chi connectivity index (χ3n) is 5.01. The van der Waals surface area contributed by atoms with Crippen LogP contribution in [-0.2, 0) is 0 Å². The summed E-state index contributed by atoms with van der Waals surface area (Å²) in [6.07, 6.45) is 0. The molecule has 0 radical (unpaired) electrons. The minimum Gasteiger partial charge on any atom is -0.307 e. The van der Waals surface area contributed by atoms with E-state index in [1.807, 2.05) is 0 Å². The van der Waals surface area contributed by atoms with Crippen LogP contribution in [0.2, 0.25) is 12.1 Å². The normalized spacial score (nSPS) is 19.4. The highest BCUT2D eigenvalue weighted by atomic mass is 28.3. The molecule has 0 atom stereocenters. The lowest BCUT2D eigenvalue weighted by molar-refractivity contribution is 0.205. The van der Waals surface area contributed by atoms with Crippen LogP contribution in [0.1, 0.15) is 69.2 Å². The van der Waals surface area contributed by atoms with Gasteiger partial charge in [0.25, 0.3) is 0 Å². The van der Waals surface area contributed by atoms with Gasteiger partial charge in [-0.1, -0.05) is 66.5 Å². The van der Waals surface area contributed by atoms with Crippen molar-refractivity contribution in [3.05, 3.63) is 11.1 Å². The van der Waals surface area contributed by atoms with Crippen LogP contribution in [0, 0.1) is 0 Å². The summed E-state index contributed by atoms with van der Waals surface area (Å²) in [4.78, 5) is 0. The Labute approximate surface area is 134 Å². The Bertz CT molecular complexity index is 331. The smallest absolute Gasteiger partial charge is 0.215 e. The largest absolute Gasteiger partial charge is 0.307 e. The quantitative estimate of drug-likeness (QED) is 0.502. The van der Waals surface area contributed by atoms with Gasteiger partial charge in [-0.3, -0.25) is 0 Å². The molecule has 2 nitrogen and oxygen atoms in total. The monoisotopic (exact) mass is 310 g/mol. The van der Waals surface area contributed by atoms with Crippen LogP contribution >= 0.6 is 0 Å². The SMILES string of the molecule is CC1=C(C)C[Si](N(C(C)C)C(C)C)(N(C(C)C)C(C)C)C1. The van der Waals surface area contributed by atoms with Crippen LogP contribution < -0.4 is 0 Å².